The molecule has 0 bridgehead atoms. The van der Waals surface area contributed by atoms with E-state index >= 15 is 0 Å². The highest BCUT2D eigenvalue weighted by Gasteiger charge is 2.05. The van der Waals surface area contributed by atoms with Gasteiger partial charge in [0.1, 0.15) is 5.75 Å². The molecule has 0 amide bonds. The highest BCUT2D eigenvalue weighted by atomic mass is 79.9. The van der Waals surface area contributed by atoms with Crippen LogP contribution in [0.25, 0.3) is 0 Å². The Hall–Kier alpha value is -1.39. The maximum atomic E-state index is 6.13. The maximum Gasteiger partial charge on any atom is 0.119 e. The molecule has 0 spiro atoms. The molecule has 1 aromatic carbocycles. The van der Waals surface area contributed by atoms with Gasteiger partial charge in [0.25, 0.3) is 0 Å². The zero-order valence-corrected chi connectivity index (χ0v) is 13.1. The first-order valence-corrected chi connectivity index (χ1v) is 7.47. The lowest BCUT2D eigenvalue weighted by Crippen LogP contribution is -2.25. The van der Waals surface area contributed by atoms with Crippen molar-refractivity contribution in [1.82, 2.24) is 4.98 Å². The van der Waals surface area contributed by atoms with Crippen molar-refractivity contribution in [3.05, 3.63) is 58.3 Å². The average Bonchev–Trinajstić information content (AvgIpc) is 2.38. The van der Waals surface area contributed by atoms with Crippen LogP contribution in [0.5, 0.6) is 5.75 Å². The van der Waals surface area contributed by atoms with Gasteiger partial charge in [-0.15, -0.1) is 0 Å². The third-order valence-corrected chi connectivity index (χ3v) is 3.44. The van der Waals surface area contributed by atoms with Crippen molar-refractivity contribution < 1.29 is 4.74 Å². The smallest absolute Gasteiger partial charge is 0.119 e. The zero-order valence-electron chi connectivity index (χ0n) is 11.6. The van der Waals surface area contributed by atoms with Crippen LogP contribution >= 0.6 is 15.9 Å². The first-order valence-electron chi connectivity index (χ1n) is 6.68. The summed E-state index contributed by atoms with van der Waals surface area (Å²) in [4.78, 5) is 4.14. The summed E-state index contributed by atoms with van der Waals surface area (Å²) in [6, 6.07) is 10.2. The average molecular weight is 335 g/mol. The van der Waals surface area contributed by atoms with Crippen LogP contribution in [0.15, 0.2) is 47.2 Å². The van der Waals surface area contributed by atoms with E-state index in [1.807, 2.05) is 30.5 Å². The first kappa shape index (κ1) is 15.0. The molecule has 0 saturated heterocycles. The van der Waals surface area contributed by atoms with E-state index in [9.17, 15) is 0 Å². The third-order valence-electron chi connectivity index (χ3n) is 3.01. The number of ether oxygens (including phenoxy) is 1. The predicted molar refractivity (Wildman–Crippen MR) is 84.9 cm³/mol. The Labute approximate surface area is 128 Å². The number of pyridine rings is 1. The largest absolute Gasteiger partial charge is 0.494 e. The molecule has 1 unspecified atom stereocenters. The minimum absolute atomic E-state index is 0.0795. The molecule has 0 aliphatic rings. The molecule has 2 N–H and O–H groups in total. The van der Waals surface area contributed by atoms with Gasteiger partial charge >= 0.3 is 0 Å². The van der Waals surface area contributed by atoms with Gasteiger partial charge in [0.15, 0.2) is 0 Å². The molecule has 0 saturated carbocycles. The number of aromatic nitrogens is 1. The number of hydrogen-bond donors (Lipinski definition) is 1. The summed E-state index contributed by atoms with van der Waals surface area (Å²) >= 11 is 3.41. The van der Waals surface area contributed by atoms with Gasteiger partial charge < -0.3 is 10.5 Å². The molecule has 20 heavy (non-hydrogen) atoms. The van der Waals surface area contributed by atoms with Crippen LogP contribution in [0.3, 0.4) is 0 Å². The number of benzene rings is 1. The number of halogens is 1. The second kappa shape index (κ2) is 7.41. The van der Waals surface area contributed by atoms with Crippen molar-refractivity contribution in [3.8, 4) is 5.75 Å². The topological polar surface area (TPSA) is 48.1 Å². The van der Waals surface area contributed by atoms with E-state index in [1.165, 1.54) is 5.56 Å². The van der Waals surface area contributed by atoms with Crippen LogP contribution in [0.4, 0.5) is 0 Å². The molecule has 1 aromatic heterocycles. The summed E-state index contributed by atoms with van der Waals surface area (Å²) in [5.41, 5.74) is 8.47. The van der Waals surface area contributed by atoms with Gasteiger partial charge in [-0.05, 0) is 65.0 Å². The van der Waals surface area contributed by atoms with Gasteiger partial charge in [0.05, 0.1) is 6.61 Å². The van der Waals surface area contributed by atoms with Gasteiger partial charge in [0, 0.05) is 22.9 Å². The lowest BCUT2D eigenvalue weighted by molar-refractivity contribution is 0.297. The summed E-state index contributed by atoms with van der Waals surface area (Å²) in [5.74, 6) is 0.904. The molecule has 106 valence electrons. The van der Waals surface area contributed by atoms with Crippen LogP contribution in [-0.2, 0) is 6.42 Å². The predicted octanol–water partition coefficient (Wildman–Crippen LogP) is 3.49. The Morgan fingerprint density at radius 2 is 2.15 bits per heavy atom. The van der Waals surface area contributed by atoms with E-state index in [4.69, 9.17) is 10.5 Å². The van der Waals surface area contributed by atoms with Gasteiger partial charge in [-0.1, -0.05) is 12.1 Å². The summed E-state index contributed by atoms with van der Waals surface area (Å²) in [5, 5.41) is 0. The van der Waals surface area contributed by atoms with Crippen LogP contribution in [-0.4, -0.2) is 17.6 Å². The summed E-state index contributed by atoms with van der Waals surface area (Å²) < 4.78 is 6.70. The third kappa shape index (κ3) is 4.94. The Morgan fingerprint density at radius 1 is 1.30 bits per heavy atom. The molecule has 4 heteroatoms. The quantitative estimate of drug-likeness (QED) is 0.879. The SMILES string of the molecule is Cc1cccc(OCCC(N)Cc2cncc(Br)c2)c1. The van der Waals surface area contributed by atoms with Crippen LogP contribution in [0, 0.1) is 6.92 Å². The molecule has 0 aliphatic carbocycles. The minimum atomic E-state index is 0.0795. The fourth-order valence-electron chi connectivity index (χ4n) is 2.01. The number of hydrogen-bond acceptors (Lipinski definition) is 3. The molecular formula is C16H19BrN2O. The Kier molecular flexibility index (Phi) is 5.56. The maximum absolute atomic E-state index is 6.13. The minimum Gasteiger partial charge on any atom is -0.494 e. The highest BCUT2D eigenvalue weighted by molar-refractivity contribution is 9.10. The van der Waals surface area contributed by atoms with E-state index in [-0.39, 0.29) is 6.04 Å². The Bertz CT molecular complexity index is 560. The van der Waals surface area contributed by atoms with Crippen LogP contribution < -0.4 is 10.5 Å². The molecule has 3 nitrogen and oxygen atoms in total. The fourth-order valence-corrected chi connectivity index (χ4v) is 2.42. The standard InChI is InChI=1S/C16H19BrN2O/c1-12-3-2-4-16(7-12)20-6-5-15(18)9-13-8-14(17)11-19-10-13/h2-4,7-8,10-11,15H,5-6,9,18H2,1H3. The van der Waals surface area contributed by atoms with E-state index < -0.39 is 0 Å². The Morgan fingerprint density at radius 3 is 2.90 bits per heavy atom. The second-order valence-corrected chi connectivity index (χ2v) is 5.84. The molecule has 1 atom stereocenters. The Balaban J connectivity index is 1.76. The van der Waals surface area contributed by atoms with Crippen molar-refractivity contribution in [2.24, 2.45) is 5.73 Å². The molecule has 0 fully saturated rings. The molecule has 1 heterocycles. The van der Waals surface area contributed by atoms with Crippen LogP contribution in [0.2, 0.25) is 0 Å². The van der Waals surface area contributed by atoms with Gasteiger partial charge in [-0.3, -0.25) is 4.98 Å². The van der Waals surface area contributed by atoms with Crippen molar-refractivity contribution in [2.45, 2.75) is 25.8 Å². The van der Waals surface area contributed by atoms with E-state index in [0.29, 0.717) is 6.61 Å². The second-order valence-electron chi connectivity index (χ2n) is 4.93. The molecular weight excluding hydrogens is 316 g/mol. The van der Waals surface area contributed by atoms with Gasteiger partial charge in [0.2, 0.25) is 0 Å². The number of rotatable bonds is 6. The number of nitrogens with two attached hydrogens (primary N) is 1. The summed E-state index contributed by atoms with van der Waals surface area (Å²) in [6.45, 7) is 2.69. The van der Waals surface area contributed by atoms with Crippen molar-refractivity contribution in [3.63, 3.8) is 0 Å². The fraction of sp³-hybridized carbons (Fsp3) is 0.312. The van der Waals surface area contributed by atoms with E-state index in [0.717, 1.165) is 28.6 Å². The molecule has 0 aliphatic heterocycles. The summed E-state index contributed by atoms with van der Waals surface area (Å²) in [7, 11) is 0. The highest BCUT2D eigenvalue weighted by Crippen LogP contribution is 2.14. The first-order chi connectivity index (χ1) is 9.63. The van der Waals surface area contributed by atoms with Crippen molar-refractivity contribution >= 4 is 15.9 Å². The lowest BCUT2D eigenvalue weighted by Gasteiger charge is -2.13. The molecule has 2 aromatic rings. The van der Waals surface area contributed by atoms with E-state index in [2.05, 4.69) is 33.9 Å². The molecule has 2 rings (SSSR count). The van der Waals surface area contributed by atoms with Gasteiger partial charge in [-0.2, -0.15) is 0 Å². The summed E-state index contributed by atoms with van der Waals surface area (Å²) in [6.07, 6.45) is 5.26. The lowest BCUT2D eigenvalue weighted by atomic mass is 10.1. The number of nitrogens with zero attached hydrogens (tertiary/aromatic N) is 1. The van der Waals surface area contributed by atoms with Crippen molar-refractivity contribution in [1.29, 1.82) is 0 Å². The number of aryl methyl sites for hydroxylation is 1. The zero-order chi connectivity index (χ0) is 14.4. The van der Waals surface area contributed by atoms with Crippen LogP contribution in [0.1, 0.15) is 17.5 Å². The molecule has 0 radical (unpaired) electrons. The monoisotopic (exact) mass is 334 g/mol. The van der Waals surface area contributed by atoms with E-state index in [1.54, 1.807) is 6.20 Å². The van der Waals surface area contributed by atoms with Crippen molar-refractivity contribution in [2.75, 3.05) is 6.61 Å². The normalized spacial score (nSPS) is 12.2. The van der Waals surface area contributed by atoms with Gasteiger partial charge in [-0.25, -0.2) is 0 Å².